The van der Waals surface area contributed by atoms with Crippen molar-refractivity contribution in [3.05, 3.63) is 71.5 Å². The zero-order chi connectivity index (χ0) is 19.9. The van der Waals surface area contributed by atoms with E-state index < -0.39 is 0 Å². The minimum atomic E-state index is -0.340. The number of halogens is 1. The lowest BCUT2D eigenvalue weighted by Gasteiger charge is -2.23. The van der Waals surface area contributed by atoms with Gasteiger partial charge in [0.1, 0.15) is 5.82 Å². The van der Waals surface area contributed by atoms with E-state index in [2.05, 4.69) is 0 Å². The molecule has 2 aromatic rings. The number of hydrogen-bond acceptors (Lipinski definition) is 3. The van der Waals surface area contributed by atoms with E-state index in [0.717, 1.165) is 12.0 Å². The summed E-state index contributed by atoms with van der Waals surface area (Å²) in [4.78, 5) is 28.7. The molecule has 5 nitrogen and oxygen atoms in total. The third kappa shape index (κ3) is 5.39. The first kappa shape index (κ1) is 20.0. The summed E-state index contributed by atoms with van der Waals surface area (Å²) in [6.45, 7) is 2.20. The Labute approximate surface area is 164 Å². The van der Waals surface area contributed by atoms with Gasteiger partial charge in [0, 0.05) is 38.6 Å². The summed E-state index contributed by atoms with van der Waals surface area (Å²) in [6.07, 6.45) is 1.15. The molecular formula is C22H26FN3O2. The highest BCUT2D eigenvalue weighted by Crippen LogP contribution is 2.16. The molecule has 0 aliphatic carbocycles. The second-order valence-electron chi connectivity index (χ2n) is 7.14. The minimum absolute atomic E-state index is 0.00998. The molecule has 2 N–H and O–H groups in total. The second-order valence-corrected chi connectivity index (χ2v) is 7.14. The van der Waals surface area contributed by atoms with Crippen LogP contribution in [-0.2, 0) is 16.0 Å². The van der Waals surface area contributed by atoms with E-state index >= 15 is 0 Å². The van der Waals surface area contributed by atoms with E-state index in [1.807, 2.05) is 30.3 Å². The summed E-state index contributed by atoms with van der Waals surface area (Å²) in [5.41, 5.74) is 7.78. The molecular weight excluding hydrogens is 357 g/mol. The van der Waals surface area contributed by atoms with Gasteiger partial charge in [-0.3, -0.25) is 9.59 Å². The molecule has 1 saturated heterocycles. The molecule has 0 spiro atoms. The number of benzene rings is 2. The largest absolute Gasteiger partial charge is 0.341 e. The van der Waals surface area contributed by atoms with Crippen LogP contribution in [0.15, 0.2) is 54.6 Å². The van der Waals surface area contributed by atoms with Crippen LogP contribution in [0.5, 0.6) is 0 Å². The summed E-state index contributed by atoms with van der Waals surface area (Å²) in [5.74, 6) is -0.371. The lowest BCUT2D eigenvalue weighted by molar-refractivity contribution is -0.133. The minimum Gasteiger partial charge on any atom is -0.341 e. The summed E-state index contributed by atoms with van der Waals surface area (Å²) in [6, 6.07) is 15.4. The van der Waals surface area contributed by atoms with Crippen LogP contribution in [0.1, 0.15) is 30.0 Å². The summed E-state index contributed by atoms with van der Waals surface area (Å²) in [5, 5.41) is 0. The van der Waals surface area contributed by atoms with Gasteiger partial charge in [0.2, 0.25) is 11.8 Å². The number of rotatable bonds is 5. The molecule has 0 saturated carbocycles. The molecule has 0 radical (unpaired) electrons. The molecule has 148 valence electrons. The van der Waals surface area contributed by atoms with Crippen LogP contribution in [0.4, 0.5) is 4.39 Å². The molecule has 1 heterocycles. The van der Waals surface area contributed by atoms with Gasteiger partial charge in [-0.05, 0) is 29.7 Å². The molecule has 1 aliphatic rings. The lowest BCUT2D eigenvalue weighted by Crippen LogP contribution is -2.38. The molecule has 2 amide bonds. The fraction of sp³-hybridized carbons (Fsp3) is 0.364. The highest BCUT2D eigenvalue weighted by molar-refractivity contribution is 5.79. The van der Waals surface area contributed by atoms with Gasteiger partial charge in [0.15, 0.2) is 0 Å². The highest BCUT2D eigenvalue weighted by atomic mass is 19.1. The Morgan fingerprint density at radius 3 is 2.29 bits per heavy atom. The van der Waals surface area contributed by atoms with E-state index in [1.54, 1.807) is 21.9 Å². The first-order valence-electron chi connectivity index (χ1n) is 9.63. The third-order valence-electron chi connectivity index (χ3n) is 5.07. The molecule has 1 unspecified atom stereocenters. The van der Waals surface area contributed by atoms with Crippen molar-refractivity contribution in [2.75, 3.05) is 26.2 Å². The van der Waals surface area contributed by atoms with E-state index in [0.29, 0.717) is 31.7 Å². The highest BCUT2D eigenvalue weighted by Gasteiger charge is 2.23. The van der Waals surface area contributed by atoms with Gasteiger partial charge in [-0.15, -0.1) is 0 Å². The van der Waals surface area contributed by atoms with Gasteiger partial charge in [-0.25, -0.2) is 4.39 Å². The number of carbonyl (C=O) groups excluding carboxylic acids is 2. The zero-order valence-corrected chi connectivity index (χ0v) is 15.9. The number of carbonyl (C=O) groups is 2. The topological polar surface area (TPSA) is 66.6 Å². The molecule has 1 atom stereocenters. The molecule has 6 heteroatoms. The Morgan fingerprint density at radius 1 is 0.929 bits per heavy atom. The van der Waals surface area contributed by atoms with Crippen molar-refractivity contribution in [3.8, 4) is 0 Å². The molecule has 0 bridgehead atoms. The monoisotopic (exact) mass is 383 g/mol. The maximum absolute atomic E-state index is 13.3. The normalized spacial score (nSPS) is 15.8. The number of nitrogens with zero attached hydrogens (tertiary/aromatic N) is 2. The molecule has 2 aromatic carbocycles. The van der Waals surface area contributed by atoms with Crippen LogP contribution >= 0.6 is 0 Å². The van der Waals surface area contributed by atoms with Crippen molar-refractivity contribution in [3.63, 3.8) is 0 Å². The van der Waals surface area contributed by atoms with Gasteiger partial charge in [-0.2, -0.15) is 0 Å². The molecule has 3 rings (SSSR count). The van der Waals surface area contributed by atoms with Crippen LogP contribution in [0.2, 0.25) is 0 Å². The van der Waals surface area contributed by atoms with Crippen molar-refractivity contribution in [2.24, 2.45) is 5.73 Å². The maximum atomic E-state index is 13.3. The van der Waals surface area contributed by atoms with Gasteiger partial charge in [0.05, 0.1) is 6.42 Å². The SMILES string of the molecule is NC(CC(=O)N1CCCN(C(=O)Cc2cccc(F)c2)CC1)c1ccccc1. The Kier molecular flexibility index (Phi) is 6.76. The fourth-order valence-corrected chi connectivity index (χ4v) is 3.48. The van der Waals surface area contributed by atoms with Crippen molar-refractivity contribution in [1.82, 2.24) is 9.80 Å². The van der Waals surface area contributed by atoms with E-state index in [9.17, 15) is 14.0 Å². The molecule has 1 fully saturated rings. The van der Waals surface area contributed by atoms with Gasteiger partial charge >= 0.3 is 0 Å². The van der Waals surface area contributed by atoms with Gasteiger partial charge in [0.25, 0.3) is 0 Å². The van der Waals surface area contributed by atoms with E-state index in [4.69, 9.17) is 5.73 Å². The lowest BCUT2D eigenvalue weighted by atomic mass is 10.0. The summed E-state index contributed by atoms with van der Waals surface area (Å²) < 4.78 is 13.3. The van der Waals surface area contributed by atoms with Crippen molar-refractivity contribution in [2.45, 2.75) is 25.3 Å². The van der Waals surface area contributed by atoms with Crippen molar-refractivity contribution < 1.29 is 14.0 Å². The molecule has 0 aromatic heterocycles. The number of amides is 2. The second kappa shape index (κ2) is 9.46. The predicted octanol–water partition coefficient (Wildman–Crippen LogP) is 2.52. The van der Waals surface area contributed by atoms with Crippen LogP contribution in [0, 0.1) is 5.82 Å². The Bertz CT molecular complexity index is 812. The summed E-state index contributed by atoms with van der Waals surface area (Å²) >= 11 is 0. The number of nitrogens with two attached hydrogens (primary N) is 1. The van der Waals surface area contributed by atoms with Crippen LogP contribution in [0.3, 0.4) is 0 Å². The van der Waals surface area contributed by atoms with E-state index in [-0.39, 0.29) is 36.5 Å². The smallest absolute Gasteiger partial charge is 0.227 e. The first-order chi connectivity index (χ1) is 13.5. The fourth-order valence-electron chi connectivity index (χ4n) is 3.48. The van der Waals surface area contributed by atoms with Gasteiger partial charge < -0.3 is 15.5 Å². The predicted molar refractivity (Wildman–Crippen MR) is 106 cm³/mol. The van der Waals surface area contributed by atoms with Crippen LogP contribution in [0.25, 0.3) is 0 Å². The van der Waals surface area contributed by atoms with Crippen LogP contribution < -0.4 is 5.73 Å². The van der Waals surface area contributed by atoms with Crippen molar-refractivity contribution >= 4 is 11.8 Å². The zero-order valence-electron chi connectivity index (χ0n) is 15.9. The Morgan fingerprint density at radius 2 is 1.61 bits per heavy atom. The molecule has 28 heavy (non-hydrogen) atoms. The summed E-state index contributed by atoms with van der Waals surface area (Å²) in [7, 11) is 0. The van der Waals surface area contributed by atoms with Gasteiger partial charge in [-0.1, -0.05) is 42.5 Å². The Balaban J connectivity index is 1.52. The standard InChI is InChI=1S/C22H26FN3O2/c23-19-9-4-6-17(14-19)15-21(27)25-10-5-11-26(13-12-25)22(28)16-20(24)18-7-2-1-3-8-18/h1-4,6-9,14,20H,5,10-13,15-16,24H2. The Hall–Kier alpha value is -2.73. The van der Waals surface area contributed by atoms with Crippen LogP contribution in [-0.4, -0.2) is 47.8 Å². The van der Waals surface area contributed by atoms with Crippen molar-refractivity contribution in [1.29, 1.82) is 0 Å². The molecule has 1 aliphatic heterocycles. The first-order valence-corrected chi connectivity index (χ1v) is 9.63. The average Bonchev–Trinajstić information content (AvgIpc) is 2.95. The quantitative estimate of drug-likeness (QED) is 0.863. The average molecular weight is 383 g/mol. The third-order valence-corrected chi connectivity index (χ3v) is 5.07. The maximum Gasteiger partial charge on any atom is 0.227 e. The van der Waals surface area contributed by atoms with E-state index in [1.165, 1.54) is 12.1 Å². The number of hydrogen-bond donors (Lipinski definition) is 1.